The lowest BCUT2D eigenvalue weighted by Gasteiger charge is -2.34. The zero-order valence-corrected chi connectivity index (χ0v) is 10.9. The van der Waals surface area contributed by atoms with Crippen LogP contribution in [0.1, 0.15) is 38.6 Å². The Morgan fingerprint density at radius 3 is 2.82 bits per heavy atom. The minimum atomic E-state index is -0.0623. The van der Waals surface area contributed by atoms with Crippen molar-refractivity contribution >= 4 is 0 Å². The number of aliphatic hydroxyl groups is 1. The van der Waals surface area contributed by atoms with Gasteiger partial charge in [0.25, 0.3) is 0 Å². The molecule has 1 aromatic heterocycles. The quantitative estimate of drug-likeness (QED) is 0.833. The van der Waals surface area contributed by atoms with Crippen LogP contribution in [-0.4, -0.2) is 44.5 Å². The van der Waals surface area contributed by atoms with Crippen LogP contribution in [0.3, 0.4) is 0 Å². The topological polar surface area (TPSA) is 54.2 Å². The van der Waals surface area contributed by atoms with Crippen LogP contribution in [0, 0.1) is 5.92 Å². The Bertz CT molecular complexity index is 357. The van der Waals surface area contributed by atoms with E-state index in [4.69, 9.17) is 0 Å². The van der Waals surface area contributed by atoms with Crippen molar-refractivity contribution in [2.24, 2.45) is 5.92 Å². The third-order valence-corrected chi connectivity index (χ3v) is 3.33. The average molecular weight is 238 g/mol. The van der Waals surface area contributed by atoms with Crippen LogP contribution in [0.5, 0.6) is 0 Å². The van der Waals surface area contributed by atoms with E-state index in [2.05, 4.69) is 35.9 Å². The van der Waals surface area contributed by atoms with Gasteiger partial charge in [-0.3, -0.25) is 4.90 Å². The highest BCUT2D eigenvalue weighted by atomic mass is 16.3. The Kier molecular flexibility index (Phi) is 3.79. The number of nitrogens with zero attached hydrogens (tertiary/aromatic N) is 4. The van der Waals surface area contributed by atoms with E-state index >= 15 is 0 Å². The molecule has 1 fully saturated rings. The van der Waals surface area contributed by atoms with Crippen molar-refractivity contribution in [3.63, 3.8) is 0 Å². The molecule has 17 heavy (non-hydrogen) atoms. The Hall–Kier alpha value is -0.940. The first-order valence-corrected chi connectivity index (χ1v) is 6.31. The second-order valence-electron chi connectivity index (χ2n) is 5.40. The summed E-state index contributed by atoms with van der Waals surface area (Å²) in [6.45, 7) is 6.08. The average Bonchev–Trinajstić information content (AvgIpc) is 2.63. The van der Waals surface area contributed by atoms with Crippen molar-refractivity contribution in [2.45, 2.75) is 45.4 Å². The second-order valence-corrected chi connectivity index (χ2v) is 5.40. The maximum Gasteiger partial charge on any atom is 0.141 e. The largest absolute Gasteiger partial charge is 0.393 e. The van der Waals surface area contributed by atoms with Crippen LogP contribution in [-0.2, 0) is 6.54 Å². The van der Waals surface area contributed by atoms with Gasteiger partial charge in [0, 0.05) is 12.6 Å². The predicted octanol–water partition coefficient (Wildman–Crippen LogP) is 1.06. The van der Waals surface area contributed by atoms with Crippen molar-refractivity contribution < 1.29 is 5.11 Å². The molecule has 1 aliphatic rings. The molecule has 0 spiro atoms. The number of rotatable bonds is 5. The third-order valence-electron chi connectivity index (χ3n) is 3.33. The fourth-order valence-corrected chi connectivity index (χ4v) is 2.41. The monoisotopic (exact) mass is 238 g/mol. The smallest absolute Gasteiger partial charge is 0.141 e. The van der Waals surface area contributed by atoms with Crippen molar-refractivity contribution in [2.75, 3.05) is 13.6 Å². The molecular formula is C12H22N4O. The minimum Gasteiger partial charge on any atom is -0.393 e. The first-order chi connectivity index (χ1) is 8.06. The van der Waals surface area contributed by atoms with Crippen molar-refractivity contribution in [3.05, 3.63) is 12.2 Å². The van der Waals surface area contributed by atoms with Crippen LogP contribution < -0.4 is 0 Å². The molecule has 0 saturated heterocycles. The summed E-state index contributed by atoms with van der Waals surface area (Å²) >= 11 is 0. The summed E-state index contributed by atoms with van der Waals surface area (Å²) in [6, 6.07) is 0.353. The van der Waals surface area contributed by atoms with Crippen LogP contribution in [0.4, 0.5) is 0 Å². The van der Waals surface area contributed by atoms with E-state index in [1.807, 2.05) is 4.68 Å². The summed E-state index contributed by atoms with van der Waals surface area (Å²) in [7, 11) is 2.10. The Labute approximate surface area is 102 Å². The molecule has 0 radical (unpaired) electrons. The van der Waals surface area contributed by atoms with Gasteiger partial charge in [0.1, 0.15) is 12.2 Å². The normalized spacial score (nSPS) is 24.4. The highest BCUT2D eigenvalue weighted by Crippen LogP contribution is 2.27. The maximum absolute atomic E-state index is 9.26. The molecule has 1 aliphatic carbocycles. The molecule has 0 amide bonds. The van der Waals surface area contributed by atoms with E-state index in [-0.39, 0.29) is 6.10 Å². The van der Waals surface area contributed by atoms with Gasteiger partial charge in [-0.2, -0.15) is 5.10 Å². The number of hydrogen-bond acceptors (Lipinski definition) is 4. The molecule has 0 atom stereocenters. The highest BCUT2D eigenvalue weighted by molar-refractivity contribution is 4.87. The molecule has 0 aromatic carbocycles. The first-order valence-electron chi connectivity index (χ1n) is 6.31. The molecule has 1 N–H and O–H groups in total. The SMILES string of the molecule is CC(C)n1ncnc1CN(C)CC1CC(O)C1. The summed E-state index contributed by atoms with van der Waals surface area (Å²) in [5, 5.41) is 13.5. The molecule has 0 aliphatic heterocycles. The molecule has 1 aromatic rings. The van der Waals surface area contributed by atoms with E-state index in [0.717, 1.165) is 31.8 Å². The van der Waals surface area contributed by atoms with Crippen molar-refractivity contribution in [1.82, 2.24) is 19.7 Å². The van der Waals surface area contributed by atoms with Gasteiger partial charge >= 0.3 is 0 Å². The summed E-state index contributed by atoms with van der Waals surface area (Å²) in [5.74, 6) is 1.66. The van der Waals surface area contributed by atoms with Crippen molar-refractivity contribution in [3.8, 4) is 0 Å². The van der Waals surface area contributed by atoms with Gasteiger partial charge in [0.15, 0.2) is 0 Å². The fourth-order valence-electron chi connectivity index (χ4n) is 2.41. The van der Waals surface area contributed by atoms with E-state index in [9.17, 15) is 5.11 Å². The lowest BCUT2D eigenvalue weighted by Crippen LogP contribution is -2.37. The molecular weight excluding hydrogens is 216 g/mol. The van der Waals surface area contributed by atoms with Crippen LogP contribution in [0.2, 0.25) is 0 Å². The highest BCUT2D eigenvalue weighted by Gasteiger charge is 2.28. The lowest BCUT2D eigenvalue weighted by atomic mass is 9.82. The standard InChI is InChI=1S/C12H22N4O/c1-9(2)16-12(13-8-14-16)7-15(3)6-10-4-11(17)5-10/h8-11,17H,4-7H2,1-3H3. The summed E-state index contributed by atoms with van der Waals surface area (Å²) in [5.41, 5.74) is 0. The molecule has 1 heterocycles. The zero-order valence-electron chi connectivity index (χ0n) is 10.9. The Morgan fingerprint density at radius 1 is 1.53 bits per heavy atom. The summed E-state index contributed by atoms with van der Waals surface area (Å²) in [4.78, 5) is 6.57. The van der Waals surface area contributed by atoms with E-state index < -0.39 is 0 Å². The Balaban J connectivity index is 1.85. The van der Waals surface area contributed by atoms with Gasteiger partial charge in [-0.05, 0) is 39.7 Å². The maximum atomic E-state index is 9.26. The summed E-state index contributed by atoms with van der Waals surface area (Å²) in [6.07, 6.45) is 3.45. The fraction of sp³-hybridized carbons (Fsp3) is 0.833. The van der Waals surface area contributed by atoms with Gasteiger partial charge in [-0.15, -0.1) is 0 Å². The van der Waals surface area contributed by atoms with Gasteiger partial charge in [0.2, 0.25) is 0 Å². The molecule has 2 rings (SSSR count). The third kappa shape index (κ3) is 3.04. The van der Waals surface area contributed by atoms with Crippen molar-refractivity contribution in [1.29, 1.82) is 0 Å². The summed E-state index contributed by atoms with van der Waals surface area (Å²) < 4.78 is 1.96. The van der Waals surface area contributed by atoms with Gasteiger partial charge in [0.05, 0.1) is 12.6 Å². The molecule has 0 unspecified atom stereocenters. The van der Waals surface area contributed by atoms with Crippen LogP contribution in [0.25, 0.3) is 0 Å². The molecule has 1 saturated carbocycles. The zero-order chi connectivity index (χ0) is 12.4. The van der Waals surface area contributed by atoms with Gasteiger partial charge in [-0.25, -0.2) is 9.67 Å². The molecule has 0 bridgehead atoms. The number of aliphatic hydroxyl groups excluding tert-OH is 1. The molecule has 5 nitrogen and oxygen atoms in total. The van der Waals surface area contributed by atoms with E-state index in [1.165, 1.54) is 0 Å². The first kappa shape index (κ1) is 12.5. The molecule has 5 heteroatoms. The predicted molar refractivity (Wildman–Crippen MR) is 65.5 cm³/mol. The lowest BCUT2D eigenvalue weighted by molar-refractivity contribution is 0.0268. The molecule has 96 valence electrons. The van der Waals surface area contributed by atoms with Gasteiger partial charge in [-0.1, -0.05) is 0 Å². The Morgan fingerprint density at radius 2 is 2.24 bits per heavy atom. The van der Waals surface area contributed by atoms with E-state index in [1.54, 1.807) is 6.33 Å². The number of hydrogen-bond donors (Lipinski definition) is 1. The van der Waals surface area contributed by atoms with Crippen LogP contribution >= 0.6 is 0 Å². The minimum absolute atomic E-state index is 0.0623. The van der Waals surface area contributed by atoms with Crippen LogP contribution in [0.15, 0.2) is 6.33 Å². The number of aromatic nitrogens is 3. The second kappa shape index (κ2) is 5.14. The van der Waals surface area contributed by atoms with E-state index in [0.29, 0.717) is 12.0 Å². The van der Waals surface area contributed by atoms with Gasteiger partial charge < -0.3 is 5.11 Å².